The van der Waals surface area contributed by atoms with Gasteiger partial charge >= 0.3 is 0 Å². The molecule has 7 nitrogen and oxygen atoms in total. The highest BCUT2D eigenvalue weighted by Crippen LogP contribution is 2.28. The van der Waals surface area contributed by atoms with Crippen LogP contribution in [0.15, 0.2) is 6.07 Å². The van der Waals surface area contributed by atoms with Gasteiger partial charge in [-0.1, -0.05) is 0 Å². The normalized spacial score (nSPS) is 15.1. The first-order valence-electron chi connectivity index (χ1n) is 7.20. The lowest BCUT2D eigenvalue weighted by atomic mass is 10.1. The Bertz CT molecular complexity index is 647. The third kappa shape index (κ3) is 2.68. The quantitative estimate of drug-likeness (QED) is 0.848. The fourth-order valence-corrected chi connectivity index (χ4v) is 2.59. The SMILES string of the molecule is CCOc1cc(N2CC(n3nc(C)nc3C)C2)nc(C)n1. The van der Waals surface area contributed by atoms with Crippen molar-refractivity contribution in [3.8, 4) is 5.88 Å². The molecule has 7 heteroatoms. The van der Waals surface area contributed by atoms with Crippen LogP contribution in [0, 0.1) is 20.8 Å². The second kappa shape index (κ2) is 5.31. The number of aryl methyl sites for hydroxylation is 3. The summed E-state index contributed by atoms with van der Waals surface area (Å²) in [5, 5.41) is 4.45. The van der Waals surface area contributed by atoms with E-state index in [-0.39, 0.29) is 0 Å². The molecule has 2 aromatic rings. The van der Waals surface area contributed by atoms with Gasteiger partial charge in [0.1, 0.15) is 23.3 Å². The van der Waals surface area contributed by atoms with Crippen LogP contribution >= 0.6 is 0 Å². The second-order valence-corrected chi connectivity index (χ2v) is 5.25. The van der Waals surface area contributed by atoms with E-state index < -0.39 is 0 Å². The van der Waals surface area contributed by atoms with E-state index in [1.165, 1.54) is 0 Å². The first kappa shape index (κ1) is 13.8. The summed E-state index contributed by atoms with van der Waals surface area (Å²) in [6.07, 6.45) is 0. The first-order chi connectivity index (χ1) is 10.1. The minimum atomic E-state index is 0.358. The largest absolute Gasteiger partial charge is 0.478 e. The molecule has 0 atom stereocenters. The van der Waals surface area contributed by atoms with Crippen molar-refractivity contribution in [3.05, 3.63) is 23.5 Å². The van der Waals surface area contributed by atoms with Gasteiger partial charge in [0.15, 0.2) is 0 Å². The van der Waals surface area contributed by atoms with Gasteiger partial charge in [0.25, 0.3) is 0 Å². The molecule has 0 amide bonds. The van der Waals surface area contributed by atoms with Gasteiger partial charge in [0.05, 0.1) is 12.6 Å². The first-order valence-corrected chi connectivity index (χ1v) is 7.20. The highest BCUT2D eigenvalue weighted by molar-refractivity contribution is 5.45. The van der Waals surface area contributed by atoms with Crippen LogP contribution in [-0.2, 0) is 0 Å². The number of anilines is 1. The molecule has 0 aromatic carbocycles. The molecule has 112 valence electrons. The molecule has 3 rings (SSSR count). The van der Waals surface area contributed by atoms with Crippen molar-refractivity contribution in [2.45, 2.75) is 33.7 Å². The smallest absolute Gasteiger partial charge is 0.218 e. The summed E-state index contributed by atoms with van der Waals surface area (Å²) in [5.41, 5.74) is 0. The minimum Gasteiger partial charge on any atom is -0.478 e. The number of rotatable bonds is 4. The van der Waals surface area contributed by atoms with Crippen molar-refractivity contribution < 1.29 is 4.74 Å². The summed E-state index contributed by atoms with van der Waals surface area (Å²) in [6, 6.07) is 2.25. The van der Waals surface area contributed by atoms with Gasteiger partial charge in [0.2, 0.25) is 5.88 Å². The molecular formula is C14H20N6O. The maximum atomic E-state index is 5.47. The Balaban J connectivity index is 1.72. The Labute approximate surface area is 124 Å². The van der Waals surface area contributed by atoms with Gasteiger partial charge in [-0.2, -0.15) is 10.1 Å². The Morgan fingerprint density at radius 2 is 1.90 bits per heavy atom. The molecule has 0 spiro atoms. The standard InChI is InChI=1S/C14H20N6O/c1-5-21-14-6-13(16-9(2)17-14)19-7-12(8-19)20-11(4)15-10(3)18-20/h6,12H,5,7-8H2,1-4H3. The molecule has 0 radical (unpaired) electrons. The molecule has 1 aliphatic rings. The summed E-state index contributed by atoms with van der Waals surface area (Å²) in [4.78, 5) is 15.3. The van der Waals surface area contributed by atoms with Crippen LogP contribution in [0.4, 0.5) is 5.82 Å². The molecular weight excluding hydrogens is 268 g/mol. The van der Waals surface area contributed by atoms with E-state index in [0.29, 0.717) is 18.5 Å². The van der Waals surface area contributed by atoms with Crippen LogP contribution in [0.2, 0.25) is 0 Å². The van der Waals surface area contributed by atoms with Gasteiger partial charge in [-0.25, -0.2) is 14.6 Å². The third-order valence-corrected chi connectivity index (χ3v) is 3.53. The lowest BCUT2D eigenvalue weighted by molar-refractivity contribution is 0.323. The fourth-order valence-electron chi connectivity index (χ4n) is 2.59. The summed E-state index contributed by atoms with van der Waals surface area (Å²) in [6.45, 7) is 10.1. The van der Waals surface area contributed by atoms with Gasteiger partial charge in [-0.3, -0.25) is 0 Å². The van der Waals surface area contributed by atoms with Crippen molar-refractivity contribution in [2.75, 3.05) is 24.6 Å². The molecule has 1 fully saturated rings. The fraction of sp³-hybridized carbons (Fsp3) is 0.571. The maximum Gasteiger partial charge on any atom is 0.218 e. The van der Waals surface area contributed by atoms with E-state index in [0.717, 1.165) is 36.4 Å². The minimum absolute atomic E-state index is 0.358. The molecule has 0 saturated carbocycles. The van der Waals surface area contributed by atoms with Crippen molar-refractivity contribution in [1.29, 1.82) is 0 Å². The molecule has 21 heavy (non-hydrogen) atoms. The summed E-state index contributed by atoms with van der Waals surface area (Å²) in [7, 11) is 0. The topological polar surface area (TPSA) is 69.0 Å². The zero-order chi connectivity index (χ0) is 15.0. The van der Waals surface area contributed by atoms with E-state index in [4.69, 9.17) is 4.74 Å². The number of aromatic nitrogens is 5. The van der Waals surface area contributed by atoms with Gasteiger partial charge < -0.3 is 9.64 Å². The summed E-state index contributed by atoms with van der Waals surface area (Å²) < 4.78 is 7.48. The summed E-state index contributed by atoms with van der Waals surface area (Å²) in [5.74, 6) is 4.06. The van der Waals surface area contributed by atoms with Gasteiger partial charge in [0, 0.05) is 19.2 Å². The number of hydrogen-bond donors (Lipinski definition) is 0. The molecule has 1 saturated heterocycles. The number of ether oxygens (including phenoxy) is 1. The summed E-state index contributed by atoms with van der Waals surface area (Å²) >= 11 is 0. The van der Waals surface area contributed by atoms with E-state index in [2.05, 4.69) is 25.0 Å². The Morgan fingerprint density at radius 3 is 2.52 bits per heavy atom. The predicted octanol–water partition coefficient (Wildman–Crippen LogP) is 1.45. The highest BCUT2D eigenvalue weighted by atomic mass is 16.5. The van der Waals surface area contributed by atoms with Crippen LogP contribution in [0.25, 0.3) is 0 Å². The number of nitrogens with zero attached hydrogens (tertiary/aromatic N) is 6. The van der Waals surface area contributed by atoms with Crippen molar-refractivity contribution in [2.24, 2.45) is 0 Å². The monoisotopic (exact) mass is 288 g/mol. The zero-order valence-electron chi connectivity index (χ0n) is 12.9. The Hall–Kier alpha value is -2.18. The molecule has 0 unspecified atom stereocenters. The van der Waals surface area contributed by atoms with Crippen molar-refractivity contribution >= 4 is 5.82 Å². The lowest BCUT2D eigenvalue weighted by Gasteiger charge is -2.40. The lowest BCUT2D eigenvalue weighted by Crippen LogP contribution is -2.49. The van der Waals surface area contributed by atoms with Crippen LogP contribution in [-0.4, -0.2) is 44.4 Å². The number of hydrogen-bond acceptors (Lipinski definition) is 6. The second-order valence-electron chi connectivity index (χ2n) is 5.25. The van der Waals surface area contributed by atoms with Crippen molar-refractivity contribution in [1.82, 2.24) is 24.7 Å². The van der Waals surface area contributed by atoms with Crippen LogP contribution in [0.3, 0.4) is 0 Å². The zero-order valence-corrected chi connectivity index (χ0v) is 12.9. The van der Waals surface area contributed by atoms with E-state index >= 15 is 0 Å². The van der Waals surface area contributed by atoms with E-state index in [9.17, 15) is 0 Å². The molecule has 1 aliphatic heterocycles. The predicted molar refractivity (Wildman–Crippen MR) is 78.7 cm³/mol. The molecule has 0 N–H and O–H groups in total. The van der Waals surface area contributed by atoms with Crippen LogP contribution < -0.4 is 9.64 Å². The van der Waals surface area contributed by atoms with E-state index in [1.54, 1.807) is 0 Å². The van der Waals surface area contributed by atoms with Gasteiger partial charge in [-0.15, -0.1) is 0 Å². The average molecular weight is 288 g/mol. The molecule has 2 aromatic heterocycles. The highest BCUT2D eigenvalue weighted by Gasteiger charge is 2.31. The van der Waals surface area contributed by atoms with Gasteiger partial charge in [-0.05, 0) is 27.7 Å². The van der Waals surface area contributed by atoms with E-state index in [1.807, 2.05) is 38.4 Å². The third-order valence-electron chi connectivity index (χ3n) is 3.53. The average Bonchev–Trinajstić information content (AvgIpc) is 2.66. The molecule has 3 heterocycles. The molecule has 0 aliphatic carbocycles. The van der Waals surface area contributed by atoms with Crippen molar-refractivity contribution in [3.63, 3.8) is 0 Å². The van der Waals surface area contributed by atoms with Crippen LogP contribution in [0.1, 0.15) is 30.4 Å². The Kier molecular flexibility index (Phi) is 3.48. The maximum absolute atomic E-state index is 5.47. The Morgan fingerprint density at radius 1 is 1.14 bits per heavy atom. The van der Waals surface area contributed by atoms with Crippen LogP contribution in [0.5, 0.6) is 5.88 Å². The molecule has 0 bridgehead atoms.